The number of hydrogen-bond acceptors (Lipinski definition) is 1. The predicted molar refractivity (Wildman–Crippen MR) is 51.8 cm³/mol. The molecule has 1 heteroatoms. The van der Waals surface area contributed by atoms with Gasteiger partial charge in [-0.3, -0.25) is 0 Å². The first-order valence-electron chi connectivity index (χ1n) is 4.94. The zero-order chi connectivity index (χ0) is 8.85. The first-order chi connectivity index (χ1) is 5.24. The highest BCUT2D eigenvalue weighted by Gasteiger charge is 2.24. The van der Waals surface area contributed by atoms with Gasteiger partial charge in [-0.2, -0.15) is 0 Å². The van der Waals surface area contributed by atoms with Crippen LogP contribution < -0.4 is 0 Å². The fourth-order valence-electron chi connectivity index (χ4n) is 1.84. The summed E-state index contributed by atoms with van der Waals surface area (Å²) in [6.07, 6.45) is 2.73. The molecule has 1 aliphatic rings. The number of hydrogen-bond donors (Lipinski definition) is 0. The molecule has 0 aromatic heterocycles. The highest BCUT2D eigenvalue weighted by molar-refractivity contribution is 4.79. The summed E-state index contributed by atoms with van der Waals surface area (Å²) in [4.78, 5) is 2.48. The van der Waals surface area contributed by atoms with Crippen molar-refractivity contribution in [2.45, 2.75) is 46.6 Å². The van der Waals surface area contributed by atoms with Gasteiger partial charge in [0.1, 0.15) is 0 Å². The van der Waals surface area contributed by atoms with Crippen LogP contribution in [0.5, 0.6) is 0 Å². The molecule has 1 rings (SSSR count). The Hall–Kier alpha value is -0.0400. The fourth-order valence-corrected chi connectivity index (χ4v) is 1.84. The molecule has 68 valence electrons. The monoisotopic (exact) mass is 157 g/mol. The summed E-state index contributed by atoms with van der Waals surface area (Å²) in [5.74, 6) is 0.931. The predicted octanol–water partition coefficient (Wildman–Crippen LogP) is 2.76. The molecule has 1 saturated heterocycles. The van der Waals surface area contributed by atoms with E-state index in [9.17, 15) is 0 Å². The van der Waals surface area contributed by atoms with Crippen molar-refractivity contribution in [3.8, 4) is 0 Å². The second-order valence-corrected chi connectivity index (χ2v) is 3.34. The van der Waals surface area contributed by atoms with Gasteiger partial charge < -0.3 is 4.90 Å². The summed E-state index contributed by atoms with van der Waals surface area (Å²) in [5, 5.41) is 0. The number of likely N-dealkylation sites (tertiary alicyclic amines) is 1. The standard InChI is InChI=1S/C8H17N.C2H6/c1-4-8-5-7(2)6-9(8)3;1-2/h7-8H,4-6H2,1-3H3;1-2H3. The average molecular weight is 157 g/mol. The van der Waals surface area contributed by atoms with Crippen LogP contribution in [0.1, 0.15) is 40.5 Å². The summed E-state index contributed by atoms with van der Waals surface area (Å²) in [6.45, 7) is 9.92. The summed E-state index contributed by atoms with van der Waals surface area (Å²) in [6, 6.07) is 0.875. The van der Waals surface area contributed by atoms with Crippen LogP contribution in [-0.4, -0.2) is 24.5 Å². The molecule has 0 aromatic carbocycles. The molecule has 2 atom stereocenters. The van der Waals surface area contributed by atoms with Crippen LogP contribution in [0.4, 0.5) is 0 Å². The van der Waals surface area contributed by atoms with Gasteiger partial charge in [0.05, 0.1) is 0 Å². The minimum atomic E-state index is 0.875. The Kier molecular flexibility index (Phi) is 5.57. The maximum Gasteiger partial charge on any atom is 0.00927 e. The van der Waals surface area contributed by atoms with E-state index in [1.54, 1.807) is 0 Å². The van der Waals surface area contributed by atoms with Gasteiger partial charge in [0, 0.05) is 12.6 Å². The van der Waals surface area contributed by atoms with Crippen LogP contribution >= 0.6 is 0 Å². The molecule has 0 spiro atoms. The molecule has 0 bridgehead atoms. The van der Waals surface area contributed by atoms with Gasteiger partial charge in [-0.1, -0.05) is 27.7 Å². The molecule has 0 aromatic rings. The Labute approximate surface area is 71.8 Å². The average Bonchev–Trinajstić information content (AvgIpc) is 2.33. The topological polar surface area (TPSA) is 3.24 Å². The van der Waals surface area contributed by atoms with Crippen molar-refractivity contribution in [2.75, 3.05) is 13.6 Å². The van der Waals surface area contributed by atoms with Gasteiger partial charge >= 0.3 is 0 Å². The van der Waals surface area contributed by atoms with E-state index in [2.05, 4.69) is 25.8 Å². The molecule has 1 heterocycles. The molecule has 0 N–H and O–H groups in total. The zero-order valence-corrected chi connectivity index (χ0v) is 8.72. The minimum absolute atomic E-state index is 0.875. The third kappa shape index (κ3) is 3.24. The second kappa shape index (κ2) is 5.59. The van der Waals surface area contributed by atoms with Crippen LogP contribution in [-0.2, 0) is 0 Å². The van der Waals surface area contributed by atoms with Crippen molar-refractivity contribution in [1.29, 1.82) is 0 Å². The largest absolute Gasteiger partial charge is 0.303 e. The molecule has 1 aliphatic heterocycles. The van der Waals surface area contributed by atoms with Crippen molar-refractivity contribution < 1.29 is 0 Å². The molecule has 0 radical (unpaired) electrons. The first-order valence-corrected chi connectivity index (χ1v) is 4.94. The normalized spacial score (nSPS) is 31.4. The van der Waals surface area contributed by atoms with Crippen molar-refractivity contribution in [2.24, 2.45) is 5.92 Å². The summed E-state index contributed by atoms with van der Waals surface area (Å²) in [5.41, 5.74) is 0. The van der Waals surface area contributed by atoms with Crippen molar-refractivity contribution in [1.82, 2.24) is 4.90 Å². The Morgan fingerprint density at radius 1 is 1.36 bits per heavy atom. The van der Waals surface area contributed by atoms with Crippen molar-refractivity contribution >= 4 is 0 Å². The van der Waals surface area contributed by atoms with Gasteiger partial charge in [-0.15, -0.1) is 0 Å². The smallest absolute Gasteiger partial charge is 0.00927 e. The summed E-state index contributed by atoms with van der Waals surface area (Å²) >= 11 is 0. The minimum Gasteiger partial charge on any atom is -0.303 e. The lowest BCUT2D eigenvalue weighted by Crippen LogP contribution is -2.23. The molecular weight excluding hydrogens is 134 g/mol. The maximum absolute atomic E-state index is 2.48. The van der Waals surface area contributed by atoms with E-state index in [4.69, 9.17) is 0 Å². The highest BCUT2D eigenvalue weighted by Crippen LogP contribution is 2.22. The number of nitrogens with zero attached hydrogens (tertiary/aromatic N) is 1. The van der Waals surface area contributed by atoms with Crippen LogP contribution in [0.3, 0.4) is 0 Å². The van der Waals surface area contributed by atoms with E-state index in [1.165, 1.54) is 19.4 Å². The van der Waals surface area contributed by atoms with Crippen molar-refractivity contribution in [3.05, 3.63) is 0 Å². The Bertz CT molecular complexity index is 90.9. The van der Waals surface area contributed by atoms with Crippen molar-refractivity contribution in [3.63, 3.8) is 0 Å². The third-order valence-corrected chi connectivity index (χ3v) is 2.37. The lowest BCUT2D eigenvalue weighted by Gasteiger charge is -2.16. The molecular formula is C10H23N. The zero-order valence-electron chi connectivity index (χ0n) is 8.72. The van der Waals surface area contributed by atoms with Crippen LogP contribution in [0.2, 0.25) is 0 Å². The van der Waals surface area contributed by atoms with Gasteiger partial charge in [0.15, 0.2) is 0 Å². The van der Waals surface area contributed by atoms with Gasteiger partial charge in [0.2, 0.25) is 0 Å². The molecule has 2 unspecified atom stereocenters. The fraction of sp³-hybridized carbons (Fsp3) is 1.00. The molecule has 0 saturated carbocycles. The van der Waals surface area contributed by atoms with E-state index < -0.39 is 0 Å². The molecule has 1 fully saturated rings. The van der Waals surface area contributed by atoms with Crippen LogP contribution in [0.15, 0.2) is 0 Å². The summed E-state index contributed by atoms with van der Waals surface area (Å²) < 4.78 is 0. The van der Waals surface area contributed by atoms with Crippen LogP contribution in [0, 0.1) is 5.92 Å². The lowest BCUT2D eigenvalue weighted by atomic mass is 10.1. The van der Waals surface area contributed by atoms with Crippen LogP contribution in [0.25, 0.3) is 0 Å². The second-order valence-electron chi connectivity index (χ2n) is 3.34. The maximum atomic E-state index is 2.48. The van der Waals surface area contributed by atoms with E-state index >= 15 is 0 Å². The first kappa shape index (κ1) is 11.0. The van der Waals surface area contributed by atoms with E-state index in [1.807, 2.05) is 13.8 Å². The van der Waals surface area contributed by atoms with Gasteiger partial charge in [-0.25, -0.2) is 0 Å². The molecule has 0 aliphatic carbocycles. The molecule has 11 heavy (non-hydrogen) atoms. The Morgan fingerprint density at radius 3 is 2.09 bits per heavy atom. The Balaban J connectivity index is 0.000000461. The summed E-state index contributed by atoms with van der Waals surface area (Å²) in [7, 11) is 2.23. The van der Waals surface area contributed by atoms with E-state index in [0.717, 1.165) is 12.0 Å². The van der Waals surface area contributed by atoms with Gasteiger partial charge in [-0.05, 0) is 25.8 Å². The molecule has 0 amide bonds. The SMILES string of the molecule is CC.CCC1CC(C)CN1C. The molecule has 1 nitrogen and oxygen atoms in total. The third-order valence-electron chi connectivity index (χ3n) is 2.37. The van der Waals surface area contributed by atoms with E-state index in [-0.39, 0.29) is 0 Å². The Morgan fingerprint density at radius 2 is 1.91 bits per heavy atom. The lowest BCUT2D eigenvalue weighted by molar-refractivity contribution is 0.302. The number of rotatable bonds is 1. The van der Waals surface area contributed by atoms with E-state index in [0.29, 0.717) is 0 Å². The van der Waals surface area contributed by atoms with Gasteiger partial charge in [0.25, 0.3) is 0 Å². The quantitative estimate of drug-likeness (QED) is 0.565. The highest BCUT2D eigenvalue weighted by atomic mass is 15.1.